The quantitative estimate of drug-likeness (QED) is 0.651. The van der Waals surface area contributed by atoms with E-state index in [1.165, 1.54) is 18.4 Å². The molecule has 1 N–H and O–H groups in total. The number of anilines is 1. The summed E-state index contributed by atoms with van der Waals surface area (Å²) in [6, 6.07) is 6.56. The molecule has 7 nitrogen and oxygen atoms in total. The first-order valence-corrected chi connectivity index (χ1v) is 9.24. The Labute approximate surface area is 149 Å². The van der Waals surface area contributed by atoms with Gasteiger partial charge in [0.15, 0.2) is 5.11 Å². The summed E-state index contributed by atoms with van der Waals surface area (Å²) in [4.78, 5) is 2.12. The molecule has 0 spiro atoms. The highest BCUT2D eigenvalue weighted by Crippen LogP contribution is 2.18. The van der Waals surface area contributed by atoms with Gasteiger partial charge in [0.25, 0.3) is 0 Å². The second kappa shape index (κ2) is 9.90. The third-order valence-electron chi connectivity index (χ3n) is 3.28. The third-order valence-corrected chi connectivity index (χ3v) is 5.45. The summed E-state index contributed by atoms with van der Waals surface area (Å²) in [6.07, 6.45) is 0. The number of thiocarbonyl (C=S) groups is 1. The van der Waals surface area contributed by atoms with Crippen molar-refractivity contribution in [2.45, 2.75) is 4.90 Å². The van der Waals surface area contributed by atoms with Crippen molar-refractivity contribution in [3.05, 3.63) is 24.3 Å². The highest BCUT2D eigenvalue weighted by molar-refractivity contribution is 7.89. The first-order valence-electron chi connectivity index (χ1n) is 7.39. The number of rotatable bonds is 9. The number of benzene rings is 1. The first kappa shape index (κ1) is 20.8. The molecule has 0 aromatic heterocycles. The van der Waals surface area contributed by atoms with Gasteiger partial charge in [0.05, 0.1) is 18.1 Å². The van der Waals surface area contributed by atoms with E-state index in [4.69, 9.17) is 21.7 Å². The van der Waals surface area contributed by atoms with Crippen LogP contribution in [0.5, 0.6) is 0 Å². The minimum absolute atomic E-state index is 0.209. The lowest BCUT2D eigenvalue weighted by Gasteiger charge is -2.25. The van der Waals surface area contributed by atoms with Gasteiger partial charge < -0.3 is 19.7 Å². The van der Waals surface area contributed by atoms with Crippen LogP contribution in [-0.4, -0.2) is 77.4 Å². The Morgan fingerprint density at radius 3 is 2.25 bits per heavy atom. The van der Waals surface area contributed by atoms with E-state index < -0.39 is 10.0 Å². The zero-order valence-corrected chi connectivity index (χ0v) is 16.1. The molecule has 0 radical (unpaired) electrons. The van der Waals surface area contributed by atoms with Crippen LogP contribution in [0.3, 0.4) is 0 Å². The molecule has 0 aliphatic rings. The minimum Gasteiger partial charge on any atom is -0.383 e. The van der Waals surface area contributed by atoms with Gasteiger partial charge in [-0.25, -0.2) is 12.7 Å². The van der Waals surface area contributed by atoms with Crippen LogP contribution in [0.25, 0.3) is 0 Å². The van der Waals surface area contributed by atoms with Gasteiger partial charge in [-0.3, -0.25) is 0 Å². The molecule has 0 saturated heterocycles. The Morgan fingerprint density at radius 1 is 1.17 bits per heavy atom. The fourth-order valence-electron chi connectivity index (χ4n) is 1.87. The molecule has 0 aliphatic heterocycles. The molecule has 1 aromatic rings. The van der Waals surface area contributed by atoms with Crippen molar-refractivity contribution in [1.82, 2.24) is 9.21 Å². The van der Waals surface area contributed by atoms with E-state index >= 15 is 0 Å². The monoisotopic (exact) mass is 375 g/mol. The van der Waals surface area contributed by atoms with Gasteiger partial charge in [-0.2, -0.15) is 0 Å². The van der Waals surface area contributed by atoms with E-state index in [9.17, 15) is 8.42 Å². The van der Waals surface area contributed by atoms with E-state index in [2.05, 4.69) is 5.32 Å². The van der Waals surface area contributed by atoms with Crippen molar-refractivity contribution >= 4 is 33.0 Å². The fraction of sp³-hybridized carbons (Fsp3) is 0.533. The van der Waals surface area contributed by atoms with Crippen molar-refractivity contribution in [2.24, 2.45) is 0 Å². The molecule has 136 valence electrons. The fourth-order valence-corrected chi connectivity index (χ4v) is 3.11. The molecule has 0 heterocycles. The van der Waals surface area contributed by atoms with Gasteiger partial charge in [0, 0.05) is 47.1 Å². The van der Waals surface area contributed by atoms with Crippen LogP contribution in [0.4, 0.5) is 5.69 Å². The largest absolute Gasteiger partial charge is 0.383 e. The highest BCUT2D eigenvalue weighted by atomic mass is 32.2. The van der Waals surface area contributed by atoms with Crippen molar-refractivity contribution in [3.8, 4) is 0 Å². The molecule has 9 heteroatoms. The standard InChI is InChI=1S/C15H25N3O4S2/c1-17(2)24(19,20)14-7-5-6-13(12-14)16-15(23)18(8-10-21-3)9-11-22-4/h5-7,12H,8-11H2,1-4H3,(H,16,23). The molecular weight excluding hydrogens is 350 g/mol. The van der Waals surface area contributed by atoms with Gasteiger partial charge in [0.1, 0.15) is 0 Å². The Bertz CT molecular complexity index is 627. The summed E-state index contributed by atoms with van der Waals surface area (Å²) in [5.41, 5.74) is 0.614. The minimum atomic E-state index is -3.49. The zero-order chi connectivity index (χ0) is 18.2. The van der Waals surface area contributed by atoms with Crippen molar-refractivity contribution < 1.29 is 17.9 Å². The average Bonchev–Trinajstić information content (AvgIpc) is 2.55. The van der Waals surface area contributed by atoms with Gasteiger partial charge in [-0.1, -0.05) is 6.07 Å². The van der Waals surface area contributed by atoms with Crippen LogP contribution in [-0.2, 0) is 19.5 Å². The van der Waals surface area contributed by atoms with E-state index in [1.54, 1.807) is 38.5 Å². The third kappa shape index (κ3) is 5.99. The molecule has 0 fully saturated rings. The first-order chi connectivity index (χ1) is 11.3. The summed E-state index contributed by atoms with van der Waals surface area (Å²) in [5.74, 6) is 0. The lowest BCUT2D eigenvalue weighted by Crippen LogP contribution is -2.39. The van der Waals surface area contributed by atoms with E-state index in [-0.39, 0.29) is 4.90 Å². The lowest BCUT2D eigenvalue weighted by molar-refractivity contribution is 0.147. The molecule has 0 amide bonds. The number of hydrogen-bond acceptors (Lipinski definition) is 5. The Balaban J connectivity index is 2.88. The van der Waals surface area contributed by atoms with Gasteiger partial charge >= 0.3 is 0 Å². The number of hydrogen-bond donors (Lipinski definition) is 1. The Kier molecular flexibility index (Phi) is 8.57. The maximum Gasteiger partial charge on any atom is 0.242 e. The molecule has 0 unspecified atom stereocenters. The van der Waals surface area contributed by atoms with Gasteiger partial charge in [0.2, 0.25) is 10.0 Å². The van der Waals surface area contributed by atoms with Crippen LogP contribution in [0.1, 0.15) is 0 Å². The van der Waals surface area contributed by atoms with Crippen LogP contribution >= 0.6 is 12.2 Å². The number of sulfonamides is 1. The summed E-state index contributed by atoms with van der Waals surface area (Å²) >= 11 is 5.42. The number of methoxy groups -OCH3 is 2. The van der Waals surface area contributed by atoms with E-state index in [0.29, 0.717) is 37.1 Å². The maximum absolute atomic E-state index is 12.2. The number of nitrogens with zero attached hydrogens (tertiary/aromatic N) is 2. The number of nitrogens with one attached hydrogen (secondary N) is 1. The van der Waals surface area contributed by atoms with Gasteiger partial charge in [-0.05, 0) is 30.4 Å². The molecule has 0 bridgehead atoms. The molecule has 0 atom stereocenters. The predicted molar refractivity (Wildman–Crippen MR) is 98.9 cm³/mol. The van der Waals surface area contributed by atoms with E-state index in [0.717, 1.165) is 0 Å². The highest BCUT2D eigenvalue weighted by Gasteiger charge is 2.18. The smallest absolute Gasteiger partial charge is 0.242 e. The average molecular weight is 376 g/mol. The Morgan fingerprint density at radius 2 is 1.75 bits per heavy atom. The topological polar surface area (TPSA) is 71.1 Å². The van der Waals surface area contributed by atoms with Crippen LogP contribution in [0, 0.1) is 0 Å². The van der Waals surface area contributed by atoms with Crippen molar-refractivity contribution in [1.29, 1.82) is 0 Å². The zero-order valence-electron chi connectivity index (χ0n) is 14.5. The number of ether oxygens (including phenoxy) is 2. The molecule has 24 heavy (non-hydrogen) atoms. The molecule has 1 rings (SSSR count). The summed E-state index contributed by atoms with van der Waals surface area (Å²) in [7, 11) is 2.76. The molecular formula is C15H25N3O4S2. The summed E-state index contributed by atoms with van der Waals surface area (Å²) in [5, 5.41) is 3.56. The maximum atomic E-state index is 12.2. The van der Waals surface area contributed by atoms with Crippen LogP contribution < -0.4 is 5.32 Å². The van der Waals surface area contributed by atoms with Crippen LogP contribution in [0.15, 0.2) is 29.2 Å². The summed E-state index contributed by atoms with van der Waals surface area (Å²) < 4.78 is 35.8. The van der Waals surface area contributed by atoms with Crippen molar-refractivity contribution in [2.75, 3.05) is 59.9 Å². The van der Waals surface area contributed by atoms with E-state index in [1.807, 2.05) is 4.90 Å². The normalized spacial score (nSPS) is 11.5. The van der Waals surface area contributed by atoms with Crippen LogP contribution in [0.2, 0.25) is 0 Å². The lowest BCUT2D eigenvalue weighted by atomic mass is 10.3. The molecule has 0 saturated carbocycles. The SMILES string of the molecule is COCCN(CCOC)C(=S)Nc1cccc(S(=O)(=O)N(C)C)c1. The second-order valence-corrected chi connectivity index (χ2v) is 7.76. The van der Waals surface area contributed by atoms with Crippen molar-refractivity contribution in [3.63, 3.8) is 0 Å². The van der Waals surface area contributed by atoms with Gasteiger partial charge in [-0.15, -0.1) is 0 Å². The molecule has 1 aromatic carbocycles. The summed E-state index contributed by atoms with van der Waals surface area (Å²) in [6.45, 7) is 2.28. The Hall–Kier alpha value is -1.26. The second-order valence-electron chi connectivity index (χ2n) is 5.22. The molecule has 0 aliphatic carbocycles. The predicted octanol–water partition coefficient (Wildman–Crippen LogP) is 1.23.